The monoisotopic (exact) mass is 234 g/mol. The smallest absolute Gasteiger partial charge is 0.359 e. The van der Waals surface area contributed by atoms with E-state index < -0.39 is 35.4 Å². The lowest BCUT2D eigenvalue weighted by Crippen LogP contribution is -2.60. The van der Waals surface area contributed by atoms with Gasteiger partial charge in [-0.1, -0.05) is 0 Å². The SMILES string of the molecule is CC(=O)O[C@@](C(C)=O)(C(=O)O)[C@@H](O)C(=O)O. The average molecular weight is 234 g/mol. The number of aliphatic hydroxyl groups is 1. The highest BCUT2D eigenvalue weighted by atomic mass is 16.6. The number of hydrogen-bond acceptors (Lipinski definition) is 6. The third-order valence-electron chi connectivity index (χ3n) is 1.76. The van der Waals surface area contributed by atoms with Crippen LogP contribution in [0.4, 0.5) is 0 Å². The molecule has 0 radical (unpaired) electrons. The molecular formula is C8H10O8. The number of rotatable bonds is 5. The van der Waals surface area contributed by atoms with Gasteiger partial charge < -0.3 is 20.1 Å². The fraction of sp³-hybridized carbons (Fsp3) is 0.500. The van der Waals surface area contributed by atoms with Gasteiger partial charge in [-0.05, 0) is 6.92 Å². The van der Waals surface area contributed by atoms with Gasteiger partial charge in [0.2, 0.25) is 6.10 Å². The quantitative estimate of drug-likeness (QED) is 0.382. The number of aliphatic carboxylic acids is 2. The summed E-state index contributed by atoms with van der Waals surface area (Å²) >= 11 is 0. The van der Waals surface area contributed by atoms with Crippen molar-refractivity contribution in [2.75, 3.05) is 0 Å². The van der Waals surface area contributed by atoms with E-state index in [0.717, 1.165) is 6.92 Å². The molecule has 8 nitrogen and oxygen atoms in total. The first-order valence-corrected chi connectivity index (χ1v) is 4.01. The summed E-state index contributed by atoms with van der Waals surface area (Å²) < 4.78 is 4.17. The predicted octanol–water partition coefficient (Wildman–Crippen LogP) is -1.59. The molecule has 0 aromatic rings. The van der Waals surface area contributed by atoms with E-state index in [-0.39, 0.29) is 0 Å². The number of carboxylic acid groups (broad SMARTS) is 2. The molecule has 0 aliphatic rings. The second kappa shape index (κ2) is 4.71. The van der Waals surface area contributed by atoms with E-state index in [1.165, 1.54) is 0 Å². The fourth-order valence-electron chi connectivity index (χ4n) is 1.03. The first-order valence-electron chi connectivity index (χ1n) is 4.01. The topological polar surface area (TPSA) is 138 Å². The van der Waals surface area contributed by atoms with Crippen LogP contribution in [-0.4, -0.2) is 50.7 Å². The molecule has 0 amide bonds. The number of carbonyl (C=O) groups excluding carboxylic acids is 2. The van der Waals surface area contributed by atoms with Gasteiger partial charge in [0.15, 0.2) is 5.78 Å². The van der Waals surface area contributed by atoms with Crippen molar-refractivity contribution in [2.24, 2.45) is 0 Å². The zero-order valence-electron chi connectivity index (χ0n) is 8.46. The van der Waals surface area contributed by atoms with Gasteiger partial charge in [-0.2, -0.15) is 0 Å². The van der Waals surface area contributed by atoms with Crippen LogP contribution < -0.4 is 0 Å². The Morgan fingerprint density at radius 2 is 1.56 bits per heavy atom. The molecule has 0 spiro atoms. The van der Waals surface area contributed by atoms with Crippen molar-refractivity contribution in [3.05, 3.63) is 0 Å². The second-order valence-corrected chi connectivity index (χ2v) is 2.93. The second-order valence-electron chi connectivity index (χ2n) is 2.93. The molecule has 0 aromatic heterocycles. The predicted molar refractivity (Wildman–Crippen MR) is 46.5 cm³/mol. The van der Waals surface area contributed by atoms with Gasteiger partial charge in [-0.15, -0.1) is 0 Å². The number of ketones is 1. The number of carboxylic acids is 2. The Labute approximate surface area is 89.4 Å². The summed E-state index contributed by atoms with van der Waals surface area (Å²) in [7, 11) is 0. The lowest BCUT2D eigenvalue weighted by atomic mass is 9.92. The number of carbonyl (C=O) groups is 4. The minimum Gasteiger partial charge on any atom is -0.479 e. The van der Waals surface area contributed by atoms with Crippen molar-refractivity contribution in [3.8, 4) is 0 Å². The molecule has 2 atom stereocenters. The molecule has 0 heterocycles. The number of hydrogen-bond donors (Lipinski definition) is 3. The molecular weight excluding hydrogens is 224 g/mol. The summed E-state index contributed by atoms with van der Waals surface area (Å²) in [6.45, 7) is 1.48. The Morgan fingerprint density at radius 3 is 1.75 bits per heavy atom. The molecule has 0 aliphatic heterocycles. The average Bonchev–Trinajstić information content (AvgIpc) is 2.11. The van der Waals surface area contributed by atoms with Gasteiger partial charge in [0, 0.05) is 6.92 Å². The molecule has 0 fully saturated rings. The Morgan fingerprint density at radius 1 is 1.12 bits per heavy atom. The minimum absolute atomic E-state index is 0.698. The van der Waals surface area contributed by atoms with Crippen molar-refractivity contribution in [3.63, 3.8) is 0 Å². The first-order chi connectivity index (χ1) is 7.16. The van der Waals surface area contributed by atoms with E-state index in [2.05, 4.69) is 4.74 Å². The lowest BCUT2D eigenvalue weighted by Gasteiger charge is -2.28. The fourth-order valence-corrected chi connectivity index (χ4v) is 1.03. The Kier molecular flexibility index (Phi) is 4.13. The summed E-state index contributed by atoms with van der Waals surface area (Å²) in [5.41, 5.74) is -3.11. The van der Waals surface area contributed by atoms with Crippen LogP contribution in [0.1, 0.15) is 13.8 Å². The maximum atomic E-state index is 11.1. The Bertz CT molecular complexity index is 330. The molecule has 0 rings (SSSR count). The van der Waals surface area contributed by atoms with Crippen LogP contribution in [0.25, 0.3) is 0 Å². The van der Waals surface area contributed by atoms with Crippen LogP contribution in [0.3, 0.4) is 0 Å². The zero-order valence-corrected chi connectivity index (χ0v) is 8.46. The number of ether oxygens (including phenoxy) is 1. The highest BCUT2D eigenvalue weighted by molar-refractivity contribution is 6.10. The molecule has 0 unspecified atom stereocenters. The summed E-state index contributed by atoms with van der Waals surface area (Å²) in [6, 6.07) is 0. The van der Waals surface area contributed by atoms with E-state index in [4.69, 9.17) is 15.3 Å². The maximum Gasteiger partial charge on any atom is 0.359 e. The Hall–Kier alpha value is -1.96. The molecule has 0 bridgehead atoms. The van der Waals surface area contributed by atoms with Crippen molar-refractivity contribution >= 4 is 23.7 Å². The molecule has 0 saturated carbocycles. The van der Waals surface area contributed by atoms with E-state index >= 15 is 0 Å². The van der Waals surface area contributed by atoms with Crippen molar-refractivity contribution in [1.29, 1.82) is 0 Å². The van der Waals surface area contributed by atoms with E-state index in [0.29, 0.717) is 6.92 Å². The molecule has 16 heavy (non-hydrogen) atoms. The summed E-state index contributed by atoms with van der Waals surface area (Å²) in [4.78, 5) is 43.1. The number of aliphatic hydroxyl groups excluding tert-OH is 1. The zero-order chi connectivity index (χ0) is 13.1. The minimum atomic E-state index is -3.11. The molecule has 3 N–H and O–H groups in total. The van der Waals surface area contributed by atoms with Crippen LogP contribution in [0.15, 0.2) is 0 Å². The summed E-state index contributed by atoms with van der Waals surface area (Å²) in [5.74, 6) is -6.54. The van der Waals surface area contributed by atoms with Crippen molar-refractivity contribution in [2.45, 2.75) is 25.6 Å². The van der Waals surface area contributed by atoms with Gasteiger partial charge in [0.05, 0.1) is 0 Å². The lowest BCUT2D eigenvalue weighted by molar-refractivity contribution is -0.198. The van der Waals surface area contributed by atoms with E-state index in [1.807, 2.05) is 0 Å². The van der Waals surface area contributed by atoms with Crippen LogP contribution in [0, 0.1) is 0 Å². The van der Waals surface area contributed by atoms with Gasteiger partial charge in [0.1, 0.15) is 0 Å². The van der Waals surface area contributed by atoms with Crippen LogP contribution >= 0.6 is 0 Å². The molecule has 0 aromatic carbocycles. The first kappa shape index (κ1) is 14.0. The van der Waals surface area contributed by atoms with Crippen LogP contribution in [0.5, 0.6) is 0 Å². The summed E-state index contributed by atoms with van der Waals surface area (Å²) in [6.07, 6.45) is -2.67. The third kappa shape index (κ3) is 2.34. The number of Topliss-reactive ketones (excluding diaryl/α,β-unsaturated/α-hetero) is 1. The molecule has 0 saturated heterocycles. The van der Waals surface area contributed by atoms with E-state index in [9.17, 15) is 19.2 Å². The highest BCUT2D eigenvalue weighted by Gasteiger charge is 2.57. The van der Waals surface area contributed by atoms with Gasteiger partial charge in [-0.25, -0.2) is 9.59 Å². The van der Waals surface area contributed by atoms with Gasteiger partial charge in [0.25, 0.3) is 0 Å². The number of esters is 1. The van der Waals surface area contributed by atoms with E-state index in [1.54, 1.807) is 0 Å². The van der Waals surface area contributed by atoms with Crippen LogP contribution in [0.2, 0.25) is 0 Å². The molecule has 90 valence electrons. The van der Waals surface area contributed by atoms with Crippen molar-refractivity contribution < 1.29 is 39.2 Å². The largest absolute Gasteiger partial charge is 0.479 e. The van der Waals surface area contributed by atoms with Gasteiger partial charge >= 0.3 is 23.5 Å². The standard InChI is InChI=1S/C8H10O8/c1-3(9)8(7(14)15,16-4(2)10)5(11)6(12)13/h5,11H,1-2H3,(H,12,13)(H,14,15)/t5-,8+/m0/s1. The maximum absolute atomic E-state index is 11.1. The third-order valence-corrected chi connectivity index (χ3v) is 1.76. The summed E-state index contributed by atoms with van der Waals surface area (Å²) in [5, 5.41) is 26.4. The molecule has 8 heteroatoms. The normalized spacial score (nSPS) is 15.7. The molecule has 0 aliphatic carbocycles. The van der Waals surface area contributed by atoms with Crippen LogP contribution in [-0.2, 0) is 23.9 Å². The van der Waals surface area contributed by atoms with Crippen molar-refractivity contribution in [1.82, 2.24) is 0 Å². The Balaban J connectivity index is 5.61. The van der Waals surface area contributed by atoms with Gasteiger partial charge in [-0.3, -0.25) is 9.59 Å². The highest BCUT2D eigenvalue weighted by Crippen LogP contribution is 2.19.